The van der Waals surface area contributed by atoms with Crippen LogP contribution in [0.1, 0.15) is 16.9 Å². The van der Waals surface area contributed by atoms with Crippen LogP contribution in [-0.4, -0.2) is 38.5 Å². The second-order valence-corrected chi connectivity index (χ2v) is 8.18. The molecule has 0 N–H and O–H groups in total. The number of hydrogen-bond donors (Lipinski definition) is 0. The molecular weight excluding hydrogens is 284 g/mol. The highest BCUT2D eigenvalue weighted by atomic mass is 32.2. The molecule has 19 heavy (non-hydrogen) atoms. The van der Waals surface area contributed by atoms with Gasteiger partial charge in [-0.15, -0.1) is 11.3 Å². The van der Waals surface area contributed by atoms with Gasteiger partial charge >= 0.3 is 0 Å². The van der Waals surface area contributed by atoms with Gasteiger partial charge in [-0.2, -0.15) is 9.57 Å². The SMILES string of the molecule is Cc1cc(S(=O)(=O)N(C)C2(C#N)CCOC2)sc1C. The fourth-order valence-corrected chi connectivity index (χ4v) is 5.12. The van der Waals surface area contributed by atoms with Gasteiger partial charge in [-0.25, -0.2) is 8.42 Å². The first-order valence-corrected chi connectivity index (χ1v) is 8.14. The summed E-state index contributed by atoms with van der Waals surface area (Å²) in [5.74, 6) is 0. The van der Waals surface area contributed by atoms with Crippen LogP contribution in [0, 0.1) is 25.2 Å². The average Bonchev–Trinajstić information content (AvgIpc) is 2.97. The van der Waals surface area contributed by atoms with Crippen molar-refractivity contribution in [3.05, 3.63) is 16.5 Å². The van der Waals surface area contributed by atoms with Gasteiger partial charge in [0, 0.05) is 25.0 Å². The van der Waals surface area contributed by atoms with Gasteiger partial charge in [-0.05, 0) is 25.5 Å². The molecule has 1 aromatic rings. The number of likely N-dealkylation sites (N-methyl/N-ethyl adjacent to an activating group) is 1. The number of rotatable bonds is 3. The Labute approximate surface area is 117 Å². The summed E-state index contributed by atoms with van der Waals surface area (Å²) < 4.78 is 31.8. The molecule has 7 heteroatoms. The Hall–Kier alpha value is -0.940. The largest absolute Gasteiger partial charge is 0.378 e. The van der Waals surface area contributed by atoms with E-state index in [1.54, 1.807) is 6.07 Å². The zero-order valence-electron chi connectivity index (χ0n) is 11.1. The molecule has 0 spiro atoms. The maximum atomic E-state index is 12.6. The molecule has 1 aliphatic heterocycles. The maximum absolute atomic E-state index is 12.6. The van der Waals surface area contributed by atoms with Crippen molar-refractivity contribution in [3.8, 4) is 6.07 Å². The Morgan fingerprint density at radius 3 is 2.63 bits per heavy atom. The van der Waals surface area contributed by atoms with Crippen molar-refractivity contribution in [2.45, 2.75) is 30.0 Å². The fraction of sp³-hybridized carbons (Fsp3) is 0.583. The lowest BCUT2D eigenvalue weighted by atomic mass is 10.0. The summed E-state index contributed by atoms with van der Waals surface area (Å²) in [4.78, 5) is 0.973. The third-order valence-corrected chi connectivity index (χ3v) is 7.10. The van der Waals surface area contributed by atoms with E-state index >= 15 is 0 Å². The number of aryl methyl sites for hydroxylation is 2. The monoisotopic (exact) mass is 300 g/mol. The first kappa shape index (κ1) is 14.5. The number of nitrogens with zero attached hydrogens (tertiary/aromatic N) is 2. The first-order chi connectivity index (χ1) is 8.83. The molecule has 0 aromatic carbocycles. The summed E-state index contributed by atoms with van der Waals surface area (Å²) in [6, 6.07) is 3.76. The van der Waals surface area contributed by atoms with E-state index in [1.807, 2.05) is 13.8 Å². The molecule has 1 saturated heterocycles. The zero-order chi connectivity index (χ0) is 14.3. The molecule has 1 atom stereocenters. The van der Waals surface area contributed by atoms with Crippen molar-refractivity contribution in [2.24, 2.45) is 0 Å². The van der Waals surface area contributed by atoms with E-state index in [1.165, 1.54) is 18.4 Å². The van der Waals surface area contributed by atoms with E-state index in [9.17, 15) is 13.7 Å². The molecule has 0 aliphatic carbocycles. The quantitative estimate of drug-likeness (QED) is 0.851. The second kappa shape index (κ2) is 4.87. The van der Waals surface area contributed by atoms with Gasteiger partial charge in [0.15, 0.2) is 0 Å². The van der Waals surface area contributed by atoms with Crippen molar-refractivity contribution in [1.29, 1.82) is 5.26 Å². The molecule has 2 rings (SSSR count). The standard InChI is InChI=1S/C12H16N2O3S2/c1-9-6-11(18-10(9)2)19(15,16)14(3)12(7-13)4-5-17-8-12/h6H,4-5,8H2,1-3H3. The Morgan fingerprint density at radius 1 is 1.53 bits per heavy atom. The Bertz CT molecular complexity index is 602. The number of ether oxygens (including phenoxy) is 1. The minimum Gasteiger partial charge on any atom is -0.378 e. The van der Waals surface area contributed by atoms with Crippen LogP contribution in [0.25, 0.3) is 0 Å². The van der Waals surface area contributed by atoms with Gasteiger partial charge in [0.1, 0.15) is 9.75 Å². The highest BCUT2D eigenvalue weighted by molar-refractivity contribution is 7.91. The lowest BCUT2D eigenvalue weighted by molar-refractivity contribution is 0.163. The summed E-state index contributed by atoms with van der Waals surface area (Å²) >= 11 is 1.24. The van der Waals surface area contributed by atoms with Crippen molar-refractivity contribution in [3.63, 3.8) is 0 Å². The number of sulfonamides is 1. The lowest BCUT2D eigenvalue weighted by Crippen LogP contribution is -2.48. The highest BCUT2D eigenvalue weighted by Crippen LogP contribution is 2.33. The smallest absolute Gasteiger partial charge is 0.253 e. The van der Waals surface area contributed by atoms with Crippen molar-refractivity contribution in [2.75, 3.05) is 20.3 Å². The minimum absolute atomic E-state index is 0.128. The molecule has 1 unspecified atom stereocenters. The predicted molar refractivity (Wildman–Crippen MR) is 72.5 cm³/mol. The predicted octanol–water partition coefficient (Wildman–Crippen LogP) is 1.67. The molecule has 0 bridgehead atoms. The topological polar surface area (TPSA) is 70.4 Å². The van der Waals surface area contributed by atoms with Crippen LogP contribution < -0.4 is 0 Å². The lowest BCUT2D eigenvalue weighted by Gasteiger charge is -2.29. The highest BCUT2D eigenvalue weighted by Gasteiger charge is 2.45. The van der Waals surface area contributed by atoms with E-state index in [0.717, 1.165) is 14.7 Å². The van der Waals surface area contributed by atoms with Crippen LogP contribution in [0.4, 0.5) is 0 Å². The minimum atomic E-state index is -3.65. The Balaban J connectivity index is 2.42. The van der Waals surface area contributed by atoms with Gasteiger partial charge in [0.2, 0.25) is 0 Å². The summed E-state index contributed by atoms with van der Waals surface area (Å²) in [7, 11) is -2.19. The summed E-state index contributed by atoms with van der Waals surface area (Å²) in [6.45, 7) is 4.31. The molecule has 2 heterocycles. The number of nitriles is 1. The van der Waals surface area contributed by atoms with E-state index in [-0.39, 0.29) is 10.8 Å². The van der Waals surface area contributed by atoms with Crippen LogP contribution in [0.5, 0.6) is 0 Å². The van der Waals surface area contributed by atoms with Crippen LogP contribution in [-0.2, 0) is 14.8 Å². The maximum Gasteiger partial charge on any atom is 0.253 e. The molecule has 104 valence electrons. The van der Waals surface area contributed by atoms with Crippen LogP contribution in [0.15, 0.2) is 10.3 Å². The van der Waals surface area contributed by atoms with Crippen LogP contribution in [0.2, 0.25) is 0 Å². The summed E-state index contributed by atoms with van der Waals surface area (Å²) in [5, 5.41) is 9.32. The van der Waals surface area contributed by atoms with E-state index in [2.05, 4.69) is 6.07 Å². The fourth-order valence-electron chi connectivity index (χ4n) is 1.99. The molecule has 1 aromatic heterocycles. The molecule has 0 radical (unpaired) electrons. The molecule has 5 nitrogen and oxygen atoms in total. The molecule has 1 fully saturated rings. The first-order valence-electron chi connectivity index (χ1n) is 5.88. The van der Waals surface area contributed by atoms with Gasteiger partial charge in [0.05, 0.1) is 12.7 Å². The van der Waals surface area contributed by atoms with Gasteiger partial charge in [-0.1, -0.05) is 0 Å². The third kappa shape index (κ3) is 2.30. The molecular formula is C12H16N2O3S2. The van der Waals surface area contributed by atoms with Gasteiger partial charge in [0.25, 0.3) is 10.0 Å². The average molecular weight is 300 g/mol. The number of thiophene rings is 1. The second-order valence-electron chi connectivity index (χ2n) is 4.72. The third-order valence-electron chi connectivity index (χ3n) is 3.57. The molecule has 0 saturated carbocycles. The van der Waals surface area contributed by atoms with Crippen molar-refractivity contribution < 1.29 is 13.2 Å². The van der Waals surface area contributed by atoms with E-state index in [0.29, 0.717) is 13.0 Å². The normalized spacial score (nSPS) is 23.7. The number of hydrogen-bond acceptors (Lipinski definition) is 5. The van der Waals surface area contributed by atoms with E-state index in [4.69, 9.17) is 4.74 Å². The Morgan fingerprint density at radius 2 is 2.21 bits per heavy atom. The summed E-state index contributed by atoms with van der Waals surface area (Å²) in [5.41, 5.74) is -0.129. The van der Waals surface area contributed by atoms with Gasteiger partial charge in [-0.3, -0.25) is 0 Å². The Kier molecular flexibility index (Phi) is 3.71. The van der Waals surface area contributed by atoms with Crippen LogP contribution >= 0.6 is 11.3 Å². The van der Waals surface area contributed by atoms with Crippen LogP contribution in [0.3, 0.4) is 0 Å². The van der Waals surface area contributed by atoms with E-state index < -0.39 is 15.6 Å². The molecule has 0 amide bonds. The zero-order valence-corrected chi connectivity index (χ0v) is 12.8. The summed E-state index contributed by atoms with van der Waals surface area (Å²) in [6.07, 6.45) is 0.405. The van der Waals surface area contributed by atoms with Crippen molar-refractivity contribution in [1.82, 2.24) is 4.31 Å². The molecule has 1 aliphatic rings. The van der Waals surface area contributed by atoms with Crippen molar-refractivity contribution >= 4 is 21.4 Å². The van der Waals surface area contributed by atoms with Gasteiger partial charge < -0.3 is 4.74 Å².